The summed E-state index contributed by atoms with van der Waals surface area (Å²) in [5.41, 5.74) is 3.09. The van der Waals surface area contributed by atoms with Crippen LogP contribution >= 0.6 is 11.3 Å². The van der Waals surface area contributed by atoms with Crippen molar-refractivity contribution >= 4 is 17.0 Å². The van der Waals surface area contributed by atoms with Gasteiger partial charge in [-0.25, -0.2) is 4.68 Å². The van der Waals surface area contributed by atoms with Crippen molar-refractivity contribution in [2.75, 3.05) is 20.8 Å². The molecule has 0 bridgehead atoms. The molecule has 1 heterocycles. The molecular formula is C21H31N3O2S. The third-order valence-corrected chi connectivity index (χ3v) is 5.15. The largest absolute Gasteiger partial charge is 0.497 e. The second-order valence-electron chi connectivity index (χ2n) is 6.46. The molecule has 2 aromatic rings. The molecule has 0 saturated heterocycles. The van der Waals surface area contributed by atoms with Crippen molar-refractivity contribution in [2.45, 2.75) is 52.9 Å². The first kappa shape index (κ1) is 21.2. The molecule has 27 heavy (non-hydrogen) atoms. The van der Waals surface area contributed by atoms with Crippen LogP contribution in [0.3, 0.4) is 0 Å². The van der Waals surface area contributed by atoms with E-state index in [1.54, 1.807) is 25.6 Å². The second-order valence-corrected chi connectivity index (χ2v) is 7.29. The molecule has 0 spiro atoms. The van der Waals surface area contributed by atoms with Crippen molar-refractivity contribution in [2.24, 2.45) is 10.1 Å². The number of thiazole rings is 1. The third-order valence-electron chi connectivity index (χ3n) is 4.29. The molecule has 0 fully saturated rings. The molecule has 1 aromatic carbocycles. The number of rotatable bonds is 10. The normalized spacial score (nSPS) is 12.5. The average Bonchev–Trinajstić information content (AvgIpc) is 3.08. The maximum absolute atomic E-state index is 5.61. The number of hydrogen-bond donors (Lipinski definition) is 0. The first-order valence-corrected chi connectivity index (χ1v) is 10.5. The Labute approximate surface area is 166 Å². The third kappa shape index (κ3) is 5.70. The number of ether oxygens (including phenoxy) is 2. The van der Waals surface area contributed by atoms with Crippen LogP contribution in [0.5, 0.6) is 11.5 Å². The van der Waals surface area contributed by atoms with E-state index in [9.17, 15) is 0 Å². The summed E-state index contributed by atoms with van der Waals surface area (Å²) < 4.78 is 12.9. The molecule has 6 heteroatoms. The number of hydrogen-bond acceptors (Lipinski definition) is 5. The minimum Gasteiger partial charge on any atom is -0.497 e. The Hall–Kier alpha value is -2.08. The number of methoxy groups -OCH3 is 2. The molecular weight excluding hydrogens is 358 g/mol. The number of aromatic nitrogens is 1. The second kappa shape index (κ2) is 10.9. The average molecular weight is 390 g/mol. The van der Waals surface area contributed by atoms with Gasteiger partial charge in [-0.3, -0.25) is 4.99 Å². The van der Waals surface area contributed by atoms with Crippen LogP contribution in [-0.4, -0.2) is 31.2 Å². The molecule has 148 valence electrons. The highest BCUT2D eigenvalue weighted by molar-refractivity contribution is 7.07. The molecule has 0 aliphatic rings. The molecule has 0 amide bonds. The molecule has 5 nitrogen and oxygen atoms in total. The van der Waals surface area contributed by atoms with Gasteiger partial charge in [0.1, 0.15) is 11.5 Å². The van der Waals surface area contributed by atoms with Gasteiger partial charge in [-0.05, 0) is 38.3 Å². The van der Waals surface area contributed by atoms with Crippen molar-refractivity contribution < 1.29 is 9.47 Å². The van der Waals surface area contributed by atoms with Crippen LogP contribution < -0.4 is 14.3 Å². The van der Waals surface area contributed by atoms with Gasteiger partial charge in [0.15, 0.2) is 0 Å². The summed E-state index contributed by atoms with van der Waals surface area (Å²) in [6.45, 7) is 7.29. The maximum Gasteiger partial charge on any atom is 0.206 e. The first-order valence-electron chi connectivity index (χ1n) is 9.62. The van der Waals surface area contributed by atoms with Gasteiger partial charge >= 0.3 is 0 Å². The number of benzene rings is 1. The first-order chi connectivity index (χ1) is 13.1. The summed E-state index contributed by atoms with van der Waals surface area (Å²) in [5, 5.41) is 7.00. The van der Waals surface area contributed by atoms with E-state index in [0.717, 1.165) is 71.9 Å². The molecule has 0 aliphatic heterocycles. The Morgan fingerprint density at radius 3 is 2.56 bits per heavy atom. The lowest BCUT2D eigenvalue weighted by Crippen LogP contribution is -2.14. The van der Waals surface area contributed by atoms with Gasteiger partial charge in [0.25, 0.3) is 0 Å². The highest BCUT2D eigenvalue weighted by atomic mass is 32.1. The zero-order valence-electron chi connectivity index (χ0n) is 17.1. The Morgan fingerprint density at radius 1 is 1.11 bits per heavy atom. The minimum absolute atomic E-state index is 0.766. The summed E-state index contributed by atoms with van der Waals surface area (Å²) >= 11 is 1.62. The summed E-state index contributed by atoms with van der Waals surface area (Å²) in [6.07, 6.45) is 5.51. The summed E-state index contributed by atoms with van der Waals surface area (Å²) in [7, 11) is 3.34. The van der Waals surface area contributed by atoms with E-state index in [0.29, 0.717) is 0 Å². The molecule has 0 unspecified atom stereocenters. The predicted molar refractivity (Wildman–Crippen MR) is 114 cm³/mol. The van der Waals surface area contributed by atoms with Gasteiger partial charge in [0.2, 0.25) is 4.80 Å². The van der Waals surface area contributed by atoms with Gasteiger partial charge in [-0.2, -0.15) is 5.10 Å². The van der Waals surface area contributed by atoms with Crippen LogP contribution in [0.1, 0.15) is 52.9 Å². The van der Waals surface area contributed by atoms with Crippen molar-refractivity contribution in [3.8, 4) is 22.8 Å². The van der Waals surface area contributed by atoms with E-state index < -0.39 is 0 Å². The monoisotopic (exact) mass is 389 g/mol. The van der Waals surface area contributed by atoms with Crippen molar-refractivity contribution in [3.05, 3.63) is 28.4 Å². The Kier molecular flexibility index (Phi) is 8.58. The van der Waals surface area contributed by atoms with E-state index in [1.165, 1.54) is 0 Å². The van der Waals surface area contributed by atoms with E-state index in [4.69, 9.17) is 19.6 Å². The Balaban J connectivity index is 2.55. The quantitative estimate of drug-likeness (QED) is 0.406. The van der Waals surface area contributed by atoms with Gasteiger partial charge in [0.05, 0.1) is 19.9 Å². The lowest BCUT2D eigenvalue weighted by Gasteiger charge is -2.11. The smallest absolute Gasteiger partial charge is 0.206 e. The summed E-state index contributed by atoms with van der Waals surface area (Å²) in [6, 6.07) is 5.86. The van der Waals surface area contributed by atoms with Crippen LogP contribution in [0.15, 0.2) is 33.7 Å². The van der Waals surface area contributed by atoms with Crippen molar-refractivity contribution in [3.63, 3.8) is 0 Å². The number of unbranched alkanes of at least 4 members (excludes halogenated alkanes) is 2. The molecule has 2 rings (SSSR count). The molecule has 0 saturated carbocycles. The highest BCUT2D eigenvalue weighted by Crippen LogP contribution is 2.33. The fourth-order valence-electron chi connectivity index (χ4n) is 2.69. The lowest BCUT2D eigenvalue weighted by atomic mass is 10.1. The molecule has 1 aromatic heterocycles. The lowest BCUT2D eigenvalue weighted by molar-refractivity contribution is 0.395. The van der Waals surface area contributed by atoms with Gasteiger partial charge in [-0.1, -0.05) is 26.7 Å². The van der Waals surface area contributed by atoms with Crippen LogP contribution in [0.2, 0.25) is 0 Å². The fraction of sp³-hybridized carbons (Fsp3) is 0.524. The van der Waals surface area contributed by atoms with Crippen LogP contribution in [0, 0.1) is 0 Å². The Morgan fingerprint density at radius 2 is 1.89 bits per heavy atom. The van der Waals surface area contributed by atoms with Gasteiger partial charge in [0, 0.05) is 29.3 Å². The standard InChI is InChI=1S/C21H31N3O2S/c1-6-8-10-16(3)23-24-19(15-27-21(24)22-13-9-7-2)18-12-11-17(25-4)14-20(18)26-5/h11-12,14-15H,6-10,13H2,1-5H3. The van der Waals surface area contributed by atoms with Crippen LogP contribution in [0.25, 0.3) is 11.3 Å². The molecule has 0 aliphatic carbocycles. The SMILES string of the molecule is CCCCN=c1scc(-c2ccc(OC)cc2OC)n1N=C(C)CCCC. The predicted octanol–water partition coefficient (Wildman–Crippen LogP) is 5.35. The Bertz CT molecular complexity index is 821. The van der Waals surface area contributed by atoms with E-state index in [1.807, 2.05) is 22.9 Å². The minimum atomic E-state index is 0.766. The van der Waals surface area contributed by atoms with E-state index in [2.05, 4.69) is 26.2 Å². The number of nitrogens with zero attached hydrogens (tertiary/aromatic N) is 3. The fourth-order valence-corrected chi connectivity index (χ4v) is 3.53. The van der Waals surface area contributed by atoms with E-state index >= 15 is 0 Å². The maximum atomic E-state index is 5.61. The van der Waals surface area contributed by atoms with Gasteiger partial charge < -0.3 is 9.47 Å². The summed E-state index contributed by atoms with van der Waals surface area (Å²) in [5.74, 6) is 1.54. The molecule has 0 atom stereocenters. The molecule has 0 radical (unpaired) electrons. The van der Waals surface area contributed by atoms with Crippen LogP contribution in [0.4, 0.5) is 0 Å². The summed E-state index contributed by atoms with van der Waals surface area (Å²) in [4.78, 5) is 5.70. The van der Waals surface area contributed by atoms with E-state index in [-0.39, 0.29) is 0 Å². The van der Waals surface area contributed by atoms with Gasteiger partial charge in [-0.15, -0.1) is 11.3 Å². The van der Waals surface area contributed by atoms with Crippen molar-refractivity contribution in [1.82, 2.24) is 4.68 Å². The zero-order chi connectivity index (χ0) is 19.6. The molecule has 0 N–H and O–H groups in total. The van der Waals surface area contributed by atoms with Crippen molar-refractivity contribution in [1.29, 1.82) is 0 Å². The highest BCUT2D eigenvalue weighted by Gasteiger charge is 2.14. The topological polar surface area (TPSA) is 48.1 Å². The zero-order valence-corrected chi connectivity index (χ0v) is 17.9. The van der Waals surface area contributed by atoms with Crippen LogP contribution in [-0.2, 0) is 0 Å².